The van der Waals surface area contributed by atoms with Crippen LogP contribution in [-0.4, -0.2) is 35.3 Å². The maximum Gasteiger partial charge on any atom is 0.312 e. The van der Waals surface area contributed by atoms with Crippen molar-refractivity contribution in [3.8, 4) is 0 Å². The van der Waals surface area contributed by atoms with Crippen LogP contribution in [0.4, 0.5) is 0 Å². The maximum absolute atomic E-state index is 12.0. The predicted molar refractivity (Wildman–Crippen MR) is 54.2 cm³/mol. The summed E-state index contributed by atoms with van der Waals surface area (Å²) in [5.74, 6) is -1.01. The van der Waals surface area contributed by atoms with Gasteiger partial charge in [-0.1, -0.05) is 0 Å². The van der Waals surface area contributed by atoms with Crippen LogP contribution in [-0.2, 0) is 14.7 Å². The molecule has 0 aromatic heterocycles. The molecule has 1 aliphatic heterocycles. The minimum atomic E-state index is -0.823. The predicted octanol–water partition coefficient (Wildman–Crippen LogP) is 0.321. The summed E-state index contributed by atoms with van der Waals surface area (Å²) in [7, 11) is 1.31. The van der Waals surface area contributed by atoms with Gasteiger partial charge in [-0.3, -0.25) is 4.79 Å². The molecular weight excluding hydrogens is 196 g/mol. The number of hydrogen-bond acceptors (Lipinski definition) is 4. The largest absolute Gasteiger partial charge is 0.469 e. The summed E-state index contributed by atoms with van der Waals surface area (Å²) in [5, 5.41) is 12.9. The lowest BCUT2D eigenvalue weighted by molar-refractivity contribution is -0.249. The SMILES string of the molecule is COC(=O)[C@H]1[C@H](N)C(C)(C)N([O])C1(C)C. The monoisotopic (exact) mass is 215 g/mol. The standard InChI is InChI=1S/C10H19N2O3/c1-9(2)6(8(13)15-5)7(11)10(3,4)12(9)14/h6-7H,11H2,1-5H3/t6-,7+/m1/s1. The fourth-order valence-electron chi connectivity index (χ4n) is 2.41. The number of carbonyl (C=O) groups is 1. The second-order valence-corrected chi connectivity index (χ2v) is 5.13. The average molecular weight is 215 g/mol. The van der Waals surface area contributed by atoms with Crippen molar-refractivity contribution in [3.63, 3.8) is 0 Å². The molecule has 5 heteroatoms. The zero-order valence-electron chi connectivity index (χ0n) is 9.90. The molecule has 1 saturated heterocycles. The van der Waals surface area contributed by atoms with Gasteiger partial charge in [-0.25, -0.2) is 0 Å². The zero-order chi connectivity index (χ0) is 12.0. The van der Waals surface area contributed by atoms with E-state index in [0.29, 0.717) is 0 Å². The lowest BCUT2D eigenvalue weighted by Gasteiger charge is -2.32. The summed E-state index contributed by atoms with van der Waals surface area (Å²) in [5.41, 5.74) is 4.39. The van der Waals surface area contributed by atoms with Gasteiger partial charge in [0, 0.05) is 6.04 Å². The summed E-state index contributed by atoms with van der Waals surface area (Å²) >= 11 is 0. The number of rotatable bonds is 1. The van der Waals surface area contributed by atoms with E-state index in [-0.39, 0.29) is 0 Å². The first-order valence-corrected chi connectivity index (χ1v) is 4.98. The Bertz CT molecular complexity index is 276. The Morgan fingerprint density at radius 3 is 2.00 bits per heavy atom. The average Bonchev–Trinajstić information content (AvgIpc) is 2.25. The molecule has 0 aromatic rings. The van der Waals surface area contributed by atoms with Crippen molar-refractivity contribution in [2.24, 2.45) is 11.7 Å². The van der Waals surface area contributed by atoms with Crippen LogP contribution < -0.4 is 5.73 Å². The summed E-state index contributed by atoms with van der Waals surface area (Å²) in [6, 6.07) is -0.516. The molecule has 1 heterocycles. The molecule has 2 atom stereocenters. The highest BCUT2D eigenvalue weighted by Crippen LogP contribution is 2.43. The van der Waals surface area contributed by atoms with E-state index in [9.17, 15) is 10.0 Å². The van der Waals surface area contributed by atoms with E-state index < -0.39 is 29.0 Å². The van der Waals surface area contributed by atoms with Gasteiger partial charge in [0.1, 0.15) is 0 Å². The normalized spacial score (nSPS) is 34.1. The van der Waals surface area contributed by atoms with Gasteiger partial charge in [-0.15, -0.1) is 10.3 Å². The number of ether oxygens (including phenoxy) is 1. The van der Waals surface area contributed by atoms with Crippen LogP contribution >= 0.6 is 0 Å². The number of nitrogens with zero attached hydrogens (tertiary/aromatic N) is 1. The summed E-state index contributed by atoms with van der Waals surface area (Å²) in [6.45, 7) is 6.93. The summed E-state index contributed by atoms with van der Waals surface area (Å²) < 4.78 is 4.70. The highest BCUT2D eigenvalue weighted by molar-refractivity contribution is 5.75. The van der Waals surface area contributed by atoms with Crippen LogP contribution in [0.3, 0.4) is 0 Å². The Hall–Kier alpha value is -0.650. The van der Waals surface area contributed by atoms with Gasteiger partial charge in [0.2, 0.25) is 0 Å². The topological polar surface area (TPSA) is 75.5 Å². The van der Waals surface area contributed by atoms with Gasteiger partial charge in [0.05, 0.1) is 24.1 Å². The van der Waals surface area contributed by atoms with Crippen LogP contribution in [0.25, 0.3) is 0 Å². The Morgan fingerprint density at radius 1 is 1.27 bits per heavy atom. The molecule has 0 spiro atoms. The summed E-state index contributed by atoms with van der Waals surface area (Å²) in [6.07, 6.45) is 0. The van der Waals surface area contributed by atoms with Crippen molar-refractivity contribution in [3.05, 3.63) is 0 Å². The van der Waals surface area contributed by atoms with E-state index in [1.54, 1.807) is 27.7 Å². The first-order valence-electron chi connectivity index (χ1n) is 4.98. The number of methoxy groups -OCH3 is 1. The Kier molecular flexibility index (Phi) is 2.84. The molecule has 87 valence electrons. The fraction of sp³-hybridized carbons (Fsp3) is 0.900. The molecule has 5 nitrogen and oxygen atoms in total. The molecule has 0 saturated carbocycles. The van der Waals surface area contributed by atoms with E-state index in [4.69, 9.17) is 10.5 Å². The van der Waals surface area contributed by atoms with E-state index in [1.807, 2.05) is 0 Å². The van der Waals surface area contributed by atoms with Crippen molar-refractivity contribution in [1.29, 1.82) is 0 Å². The van der Waals surface area contributed by atoms with Crippen molar-refractivity contribution in [2.75, 3.05) is 7.11 Å². The van der Waals surface area contributed by atoms with Crippen LogP contribution in [0.15, 0.2) is 0 Å². The molecule has 2 N–H and O–H groups in total. The van der Waals surface area contributed by atoms with Crippen molar-refractivity contribution in [2.45, 2.75) is 44.8 Å². The third-order valence-electron chi connectivity index (χ3n) is 3.44. The highest BCUT2D eigenvalue weighted by Gasteiger charge is 2.61. The number of nitrogens with two attached hydrogens (primary N) is 1. The fourth-order valence-corrected chi connectivity index (χ4v) is 2.41. The van der Waals surface area contributed by atoms with Crippen molar-refractivity contribution < 1.29 is 14.7 Å². The molecule has 0 unspecified atom stereocenters. The van der Waals surface area contributed by atoms with Gasteiger partial charge in [0.15, 0.2) is 0 Å². The first kappa shape index (κ1) is 12.4. The van der Waals surface area contributed by atoms with Crippen molar-refractivity contribution in [1.82, 2.24) is 5.06 Å². The number of esters is 1. The smallest absolute Gasteiger partial charge is 0.312 e. The lowest BCUT2D eigenvalue weighted by Crippen LogP contribution is -2.49. The van der Waals surface area contributed by atoms with Crippen molar-refractivity contribution >= 4 is 5.97 Å². The van der Waals surface area contributed by atoms with Crippen LogP contribution in [0.2, 0.25) is 0 Å². The van der Waals surface area contributed by atoms with E-state index in [1.165, 1.54) is 7.11 Å². The third kappa shape index (κ3) is 1.55. The second-order valence-electron chi connectivity index (χ2n) is 5.13. The molecule has 1 fully saturated rings. The minimum absolute atomic E-state index is 0.418. The van der Waals surface area contributed by atoms with Crippen LogP contribution in [0.1, 0.15) is 27.7 Å². The molecule has 0 aromatic carbocycles. The zero-order valence-corrected chi connectivity index (χ0v) is 9.90. The quantitative estimate of drug-likeness (QED) is 0.639. The second kappa shape index (κ2) is 3.43. The molecule has 15 heavy (non-hydrogen) atoms. The molecule has 1 rings (SSSR count). The first-order chi connectivity index (χ1) is 6.67. The molecule has 0 amide bonds. The van der Waals surface area contributed by atoms with E-state index in [0.717, 1.165) is 5.06 Å². The highest BCUT2D eigenvalue weighted by atomic mass is 16.5. The number of hydrogen-bond donors (Lipinski definition) is 1. The van der Waals surface area contributed by atoms with E-state index in [2.05, 4.69) is 0 Å². The van der Waals surface area contributed by atoms with Gasteiger partial charge in [0.25, 0.3) is 0 Å². The Balaban J connectivity index is 3.13. The Labute approximate surface area is 90.1 Å². The van der Waals surface area contributed by atoms with Gasteiger partial charge >= 0.3 is 5.97 Å². The van der Waals surface area contributed by atoms with Crippen LogP contribution in [0, 0.1) is 5.92 Å². The van der Waals surface area contributed by atoms with E-state index >= 15 is 0 Å². The molecule has 0 aliphatic carbocycles. The molecule has 1 aliphatic rings. The Morgan fingerprint density at radius 2 is 1.73 bits per heavy atom. The molecule has 1 radical (unpaired) electrons. The summed E-state index contributed by atoms with van der Waals surface area (Å²) in [4.78, 5) is 11.6. The van der Waals surface area contributed by atoms with Gasteiger partial charge in [-0.2, -0.15) is 0 Å². The minimum Gasteiger partial charge on any atom is -0.469 e. The van der Waals surface area contributed by atoms with Gasteiger partial charge < -0.3 is 10.5 Å². The van der Waals surface area contributed by atoms with Crippen LogP contribution in [0.5, 0.6) is 0 Å². The number of carbonyl (C=O) groups excluding carboxylic acids is 1. The van der Waals surface area contributed by atoms with Gasteiger partial charge in [-0.05, 0) is 27.7 Å². The maximum atomic E-state index is 12.0. The molecular formula is C10H19N2O3. The third-order valence-corrected chi connectivity index (χ3v) is 3.44. The lowest BCUT2D eigenvalue weighted by atomic mass is 9.83. The molecule has 0 bridgehead atoms. The number of hydroxylamine groups is 2.